The average molecular weight is 456 g/mol. The maximum absolute atomic E-state index is 14.0. The van der Waals surface area contributed by atoms with E-state index in [0.29, 0.717) is 43.9 Å². The van der Waals surface area contributed by atoms with Crippen LogP contribution in [0.2, 0.25) is 0 Å². The zero-order valence-corrected chi connectivity index (χ0v) is 18.7. The molecule has 1 saturated carbocycles. The average Bonchev–Trinajstić information content (AvgIpc) is 3.49. The third kappa shape index (κ3) is 6.64. The van der Waals surface area contributed by atoms with Crippen molar-refractivity contribution in [3.8, 4) is 5.75 Å². The van der Waals surface area contributed by atoms with Crippen molar-refractivity contribution in [2.75, 3.05) is 18.9 Å². The Balaban J connectivity index is 1.43. The fourth-order valence-corrected chi connectivity index (χ4v) is 4.81. The fraction of sp³-hybridized carbons (Fsp3) is 0.619. The minimum Gasteiger partial charge on any atom is -0.490 e. The van der Waals surface area contributed by atoms with Gasteiger partial charge in [-0.25, -0.2) is 22.3 Å². The number of amides is 3. The summed E-state index contributed by atoms with van der Waals surface area (Å²) in [6, 6.07) is 2.98. The number of unbranched alkanes of at least 4 members (excludes halogenated alkanes) is 2. The van der Waals surface area contributed by atoms with Crippen molar-refractivity contribution in [1.82, 2.24) is 14.9 Å². The van der Waals surface area contributed by atoms with E-state index in [9.17, 15) is 22.4 Å². The van der Waals surface area contributed by atoms with E-state index in [0.717, 1.165) is 12.8 Å². The molecule has 3 amide bonds. The van der Waals surface area contributed by atoms with Crippen molar-refractivity contribution in [2.24, 2.45) is 5.92 Å². The summed E-state index contributed by atoms with van der Waals surface area (Å²) in [6.45, 7) is 4.25. The molecule has 0 radical (unpaired) electrons. The highest BCUT2D eigenvalue weighted by Crippen LogP contribution is 2.31. The first-order valence-corrected chi connectivity index (χ1v) is 12.3. The molecule has 0 spiro atoms. The number of ether oxygens (including phenoxy) is 1. The van der Waals surface area contributed by atoms with Crippen LogP contribution in [0.4, 0.5) is 9.18 Å². The van der Waals surface area contributed by atoms with Crippen LogP contribution in [0.15, 0.2) is 18.2 Å². The first-order valence-electron chi connectivity index (χ1n) is 10.7. The number of carbonyl (C=O) groups is 2. The molecule has 0 aromatic heterocycles. The van der Waals surface area contributed by atoms with E-state index in [1.54, 1.807) is 26.0 Å². The number of benzene rings is 1. The standard InChI is InChI=1S/C21H30FN3O5S/c1-14(17-8-9-18(22)19(12-17)30-13-16-6-7-16)24-31(28,29)11-5-3-4-10-25-15(2)20(26)23-21(25)27/h8-9,12,14-16,24H,3-7,10-11,13H2,1-2H3,(H,23,26,27)/t14-,15+/m1/s1. The van der Waals surface area contributed by atoms with Gasteiger partial charge in [-0.05, 0) is 63.1 Å². The largest absolute Gasteiger partial charge is 0.490 e. The Kier molecular flexibility index (Phi) is 7.53. The van der Waals surface area contributed by atoms with Crippen LogP contribution in [-0.4, -0.2) is 50.2 Å². The summed E-state index contributed by atoms with van der Waals surface area (Å²) >= 11 is 0. The molecule has 1 heterocycles. The Bertz CT molecular complexity index is 920. The van der Waals surface area contributed by atoms with E-state index < -0.39 is 34.0 Å². The highest BCUT2D eigenvalue weighted by molar-refractivity contribution is 7.89. The van der Waals surface area contributed by atoms with E-state index in [1.165, 1.54) is 11.0 Å². The molecule has 1 aromatic carbocycles. The predicted octanol–water partition coefficient (Wildman–Crippen LogP) is 2.71. The molecule has 172 valence electrons. The normalized spacial score (nSPS) is 20.1. The summed E-state index contributed by atoms with van der Waals surface area (Å²) < 4.78 is 46.9. The molecule has 1 aliphatic carbocycles. The lowest BCUT2D eigenvalue weighted by Gasteiger charge is -2.18. The van der Waals surface area contributed by atoms with E-state index in [4.69, 9.17) is 4.74 Å². The van der Waals surface area contributed by atoms with Crippen molar-refractivity contribution in [3.05, 3.63) is 29.6 Å². The van der Waals surface area contributed by atoms with Crippen LogP contribution < -0.4 is 14.8 Å². The van der Waals surface area contributed by atoms with Gasteiger partial charge in [0, 0.05) is 12.6 Å². The molecule has 2 N–H and O–H groups in total. The lowest BCUT2D eigenvalue weighted by Crippen LogP contribution is -2.33. The van der Waals surface area contributed by atoms with Crippen LogP contribution in [-0.2, 0) is 14.8 Å². The Morgan fingerprint density at radius 2 is 2.00 bits per heavy atom. The summed E-state index contributed by atoms with van der Waals surface area (Å²) in [5.74, 6) is -0.184. The topological polar surface area (TPSA) is 105 Å². The van der Waals surface area contributed by atoms with Crippen LogP contribution in [0.5, 0.6) is 5.75 Å². The lowest BCUT2D eigenvalue weighted by molar-refractivity contribution is -0.121. The number of urea groups is 1. The van der Waals surface area contributed by atoms with Crippen molar-refractivity contribution >= 4 is 22.0 Å². The van der Waals surface area contributed by atoms with Gasteiger partial charge in [0.25, 0.3) is 5.91 Å². The molecule has 2 atom stereocenters. The molecule has 31 heavy (non-hydrogen) atoms. The molecule has 0 unspecified atom stereocenters. The molecule has 2 aliphatic rings. The van der Waals surface area contributed by atoms with Gasteiger partial charge < -0.3 is 9.64 Å². The van der Waals surface area contributed by atoms with Gasteiger partial charge in [0.15, 0.2) is 11.6 Å². The maximum atomic E-state index is 14.0. The minimum absolute atomic E-state index is 0.0513. The first-order chi connectivity index (χ1) is 14.7. The summed E-state index contributed by atoms with van der Waals surface area (Å²) in [6.07, 6.45) is 3.84. The second-order valence-electron chi connectivity index (χ2n) is 8.33. The molecule has 3 rings (SSSR count). The zero-order chi connectivity index (χ0) is 22.6. The van der Waals surface area contributed by atoms with Crippen LogP contribution in [0.25, 0.3) is 0 Å². The Hall–Kier alpha value is -2.20. The van der Waals surface area contributed by atoms with Gasteiger partial charge in [-0.1, -0.05) is 12.5 Å². The third-order valence-electron chi connectivity index (χ3n) is 5.63. The van der Waals surface area contributed by atoms with Gasteiger partial charge in [-0.3, -0.25) is 10.1 Å². The quantitative estimate of drug-likeness (QED) is 0.372. The molecule has 8 nitrogen and oxygen atoms in total. The Morgan fingerprint density at radius 3 is 2.65 bits per heavy atom. The van der Waals surface area contributed by atoms with Crippen LogP contribution in [0.1, 0.15) is 57.6 Å². The smallest absolute Gasteiger partial charge is 0.324 e. The van der Waals surface area contributed by atoms with Gasteiger partial charge in [0.1, 0.15) is 6.04 Å². The fourth-order valence-electron chi connectivity index (χ4n) is 3.43. The summed E-state index contributed by atoms with van der Waals surface area (Å²) in [4.78, 5) is 24.6. The molecule has 2 fully saturated rings. The second kappa shape index (κ2) is 9.95. The lowest BCUT2D eigenvalue weighted by atomic mass is 10.1. The number of hydrogen-bond acceptors (Lipinski definition) is 5. The van der Waals surface area contributed by atoms with Crippen LogP contribution in [0, 0.1) is 11.7 Å². The molecule has 0 bridgehead atoms. The number of rotatable bonds is 12. The van der Waals surface area contributed by atoms with Gasteiger partial charge in [-0.15, -0.1) is 0 Å². The van der Waals surface area contributed by atoms with E-state index >= 15 is 0 Å². The van der Waals surface area contributed by atoms with Gasteiger partial charge in [-0.2, -0.15) is 0 Å². The number of carbonyl (C=O) groups excluding carboxylic acids is 2. The van der Waals surface area contributed by atoms with Crippen molar-refractivity contribution in [2.45, 2.75) is 58.0 Å². The van der Waals surface area contributed by atoms with E-state index in [-0.39, 0.29) is 17.4 Å². The number of hydrogen-bond donors (Lipinski definition) is 2. The van der Waals surface area contributed by atoms with Gasteiger partial charge in [0.05, 0.1) is 12.4 Å². The van der Waals surface area contributed by atoms with Crippen LogP contribution in [0.3, 0.4) is 0 Å². The summed E-state index contributed by atoms with van der Waals surface area (Å²) in [5.41, 5.74) is 0.634. The number of nitrogens with one attached hydrogen (secondary N) is 2. The highest BCUT2D eigenvalue weighted by Gasteiger charge is 2.34. The van der Waals surface area contributed by atoms with E-state index in [1.807, 2.05) is 0 Å². The van der Waals surface area contributed by atoms with Crippen molar-refractivity contribution in [1.29, 1.82) is 0 Å². The molecule has 1 aliphatic heterocycles. The van der Waals surface area contributed by atoms with Gasteiger partial charge in [0.2, 0.25) is 10.0 Å². The summed E-state index contributed by atoms with van der Waals surface area (Å²) in [5, 5.41) is 2.25. The maximum Gasteiger partial charge on any atom is 0.324 e. The first kappa shape index (κ1) is 23.5. The number of nitrogens with zero attached hydrogens (tertiary/aromatic N) is 1. The summed E-state index contributed by atoms with van der Waals surface area (Å²) in [7, 11) is -3.53. The minimum atomic E-state index is -3.53. The van der Waals surface area contributed by atoms with Gasteiger partial charge >= 0.3 is 6.03 Å². The molecule has 1 aromatic rings. The number of imide groups is 1. The van der Waals surface area contributed by atoms with E-state index in [2.05, 4.69) is 10.0 Å². The number of halogens is 1. The SMILES string of the molecule is C[C@@H](NS(=O)(=O)CCCCCN1C(=O)NC(=O)[C@@H]1C)c1ccc(F)c(OCC2CC2)c1. The van der Waals surface area contributed by atoms with Crippen molar-refractivity contribution < 1.29 is 27.1 Å². The molecule has 1 saturated heterocycles. The number of sulfonamides is 1. The highest BCUT2D eigenvalue weighted by atomic mass is 32.2. The second-order valence-corrected chi connectivity index (χ2v) is 10.2. The van der Waals surface area contributed by atoms with Crippen molar-refractivity contribution in [3.63, 3.8) is 0 Å². The molecular weight excluding hydrogens is 425 g/mol. The molecular formula is C21H30FN3O5S. The Morgan fingerprint density at radius 1 is 1.26 bits per heavy atom. The monoisotopic (exact) mass is 455 g/mol. The predicted molar refractivity (Wildman–Crippen MR) is 114 cm³/mol. The third-order valence-corrected chi connectivity index (χ3v) is 7.17. The molecule has 10 heteroatoms. The zero-order valence-electron chi connectivity index (χ0n) is 17.9. The Labute approximate surface area is 182 Å². The van der Waals surface area contributed by atoms with Crippen LogP contribution >= 0.6 is 0 Å².